The molecule has 128 valence electrons. The van der Waals surface area contributed by atoms with Gasteiger partial charge < -0.3 is 14.6 Å². The highest BCUT2D eigenvalue weighted by molar-refractivity contribution is 5.95. The molecule has 2 aromatic heterocycles. The van der Waals surface area contributed by atoms with E-state index in [1.54, 1.807) is 19.4 Å². The lowest BCUT2D eigenvalue weighted by Crippen LogP contribution is -2.19. The van der Waals surface area contributed by atoms with Gasteiger partial charge in [-0.1, -0.05) is 6.08 Å². The lowest BCUT2D eigenvalue weighted by atomic mass is 9.97. The van der Waals surface area contributed by atoms with Crippen LogP contribution in [-0.4, -0.2) is 35.6 Å². The summed E-state index contributed by atoms with van der Waals surface area (Å²) in [5.74, 6) is 0.707. The summed E-state index contributed by atoms with van der Waals surface area (Å²) in [5.41, 5.74) is 3.60. The van der Waals surface area contributed by atoms with E-state index in [2.05, 4.69) is 40.3 Å². The van der Waals surface area contributed by atoms with Gasteiger partial charge in [0.2, 0.25) is 0 Å². The molecular weight excluding hydrogens is 317 g/mol. The van der Waals surface area contributed by atoms with Crippen molar-refractivity contribution in [3.05, 3.63) is 60.3 Å². The van der Waals surface area contributed by atoms with Gasteiger partial charge in [-0.05, 0) is 48.5 Å². The first-order valence-corrected chi connectivity index (χ1v) is 8.36. The molecule has 0 aliphatic carbocycles. The number of benzene rings is 1. The molecular formula is C20H20FN3O. The van der Waals surface area contributed by atoms with E-state index in [4.69, 9.17) is 4.74 Å². The first-order valence-electron chi connectivity index (χ1n) is 8.36. The lowest BCUT2D eigenvalue weighted by Gasteiger charge is -2.23. The number of ether oxygens (including phenoxy) is 1. The van der Waals surface area contributed by atoms with Crippen LogP contribution in [0.3, 0.4) is 0 Å². The number of hydrogen-bond donors (Lipinski definition) is 1. The Morgan fingerprint density at radius 1 is 1.24 bits per heavy atom. The number of nitrogens with one attached hydrogen (secondary N) is 1. The van der Waals surface area contributed by atoms with Crippen LogP contribution in [0.5, 0.6) is 5.75 Å². The van der Waals surface area contributed by atoms with Gasteiger partial charge in [-0.2, -0.15) is 0 Å². The van der Waals surface area contributed by atoms with Crippen LogP contribution in [0.4, 0.5) is 4.39 Å². The van der Waals surface area contributed by atoms with Crippen LogP contribution in [0.1, 0.15) is 18.0 Å². The maximum absolute atomic E-state index is 13.8. The van der Waals surface area contributed by atoms with E-state index in [0.717, 1.165) is 40.8 Å². The number of aromatic amines is 1. The zero-order valence-corrected chi connectivity index (χ0v) is 14.3. The molecule has 3 heterocycles. The van der Waals surface area contributed by atoms with E-state index in [1.165, 1.54) is 12.1 Å². The molecule has 1 aliphatic rings. The van der Waals surface area contributed by atoms with Crippen molar-refractivity contribution < 1.29 is 9.13 Å². The van der Waals surface area contributed by atoms with E-state index in [-0.39, 0.29) is 5.82 Å². The first-order chi connectivity index (χ1) is 12.2. The maximum Gasteiger partial charge on any atom is 0.138 e. The second-order valence-electron chi connectivity index (χ2n) is 6.41. The predicted octanol–water partition coefficient (Wildman–Crippen LogP) is 4.31. The average molecular weight is 337 g/mol. The summed E-state index contributed by atoms with van der Waals surface area (Å²) in [6.45, 7) is 1.02. The normalized spacial score (nSPS) is 17.2. The fourth-order valence-corrected chi connectivity index (χ4v) is 3.40. The summed E-state index contributed by atoms with van der Waals surface area (Å²) in [6.07, 6.45) is 7.12. The molecule has 3 aromatic rings. The van der Waals surface area contributed by atoms with Crippen LogP contribution >= 0.6 is 0 Å². The fraction of sp³-hybridized carbons (Fsp3) is 0.250. The highest BCUT2D eigenvalue weighted by atomic mass is 19.1. The molecule has 1 aromatic carbocycles. The molecule has 4 nitrogen and oxygen atoms in total. The van der Waals surface area contributed by atoms with Crippen LogP contribution in [-0.2, 0) is 0 Å². The van der Waals surface area contributed by atoms with Crippen molar-refractivity contribution in [1.29, 1.82) is 0 Å². The number of nitrogens with zero attached hydrogens (tertiary/aromatic N) is 2. The minimum absolute atomic E-state index is 0.283. The molecule has 0 saturated carbocycles. The lowest BCUT2D eigenvalue weighted by molar-refractivity contribution is 0.407. The van der Waals surface area contributed by atoms with E-state index >= 15 is 0 Å². The van der Waals surface area contributed by atoms with Crippen molar-refractivity contribution in [3.8, 4) is 16.9 Å². The highest BCUT2D eigenvalue weighted by Crippen LogP contribution is 2.36. The third-order valence-corrected chi connectivity index (χ3v) is 4.77. The Kier molecular flexibility index (Phi) is 3.92. The molecule has 0 amide bonds. The van der Waals surface area contributed by atoms with Crippen molar-refractivity contribution in [3.63, 3.8) is 0 Å². The van der Waals surface area contributed by atoms with Crippen molar-refractivity contribution in [2.75, 3.05) is 20.7 Å². The molecule has 25 heavy (non-hydrogen) atoms. The highest BCUT2D eigenvalue weighted by Gasteiger charge is 2.18. The number of aromatic nitrogens is 2. The number of fused-ring (bicyclic) bond motifs is 1. The number of allylic oxidation sites excluding steroid dienone is 1. The minimum atomic E-state index is -0.283. The van der Waals surface area contributed by atoms with Gasteiger partial charge >= 0.3 is 0 Å². The quantitative estimate of drug-likeness (QED) is 0.774. The number of rotatable bonds is 3. The SMILES string of the molecule is COc1ccc(F)cc1-c1ccnc2[nH]c(C3C=CN(C)CC3)cc12. The molecule has 0 bridgehead atoms. The van der Waals surface area contributed by atoms with Crippen molar-refractivity contribution in [2.24, 2.45) is 0 Å². The summed E-state index contributed by atoms with van der Waals surface area (Å²) in [5, 5.41) is 0.980. The largest absolute Gasteiger partial charge is 0.496 e. The Balaban J connectivity index is 1.84. The fourth-order valence-electron chi connectivity index (χ4n) is 3.40. The van der Waals surface area contributed by atoms with E-state index in [1.807, 2.05) is 6.07 Å². The third kappa shape index (κ3) is 2.86. The molecule has 1 aliphatic heterocycles. The van der Waals surface area contributed by atoms with Gasteiger partial charge in [0, 0.05) is 42.4 Å². The van der Waals surface area contributed by atoms with E-state index in [9.17, 15) is 4.39 Å². The Hall–Kier alpha value is -2.82. The molecule has 1 unspecified atom stereocenters. The van der Waals surface area contributed by atoms with E-state index < -0.39 is 0 Å². The zero-order valence-electron chi connectivity index (χ0n) is 14.3. The summed E-state index contributed by atoms with van der Waals surface area (Å²) < 4.78 is 19.2. The van der Waals surface area contributed by atoms with Gasteiger partial charge in [-0.3, -0.25) is 0 Å². The van der Waals surface area contributed by atoms with Gasteiger partial charge in [-0.15, -0.1) is 0 Å². The van der Waals surface area contributed by atoms with Crippen LogP contribution in [0.2, 0.25) is 0 Å². The van der Waals surface area contributed by atoms with Crippen molar-refractivity contribution >= 4 is 11.0 Å². The minimum Gasteiger partial charge on any atom is -0.496 e. The van der Waals surface area contributed by atoms with Crippen LogP contribution in [0.25, 0.3) is 22.2 Å². The summed E-state index contributed by atoms with van der Waals surface area (Å²) >= 11 is 0. The molecule has 1 N–H and O–H groups in total. The number of pyridine rings is 1. The van der Waals surface area contributed by atoms with Gasteiger partial charge in [0.25, 0.3) is 0 Å². The Morgan fingerprint density at radius 3 is 2.88 bits per heavy atom. The van der Waals surface area contributed by atoms with Gasteiger partial charge in [0.1, 0.15) is 17.2 Å². The molecule has 1 atom stereocenters. The van der Waals surface area contributed by atoms with E-state index in [0.29, 0.717) is 11.7 Å². The van der Waals surface area contributed by atoms with Gasteiger partial charge in [0.05, 0.1) is 7.11 Å². The second-order valence-corrected chi connectivity index (χ2v) is 6.41. The maximum atomic E-state index is 13.8. The standard InChI is InChI=1S/C20H20FN3O/c1-24-9-6-13(7-10-24)18-12-17-15(5-8-22-20(17)23-18)16-11-14(21)3-4-19(16)25-2/h3-6,8-9,11-13H,7,10H2,1-2H3,(H,22,23). The Morgan fingerprint density at radius 2 is 2.12 bits per heavy atom. The average Bonchev–Trinajstić information content (AvgIpc) is 3.06. The monoisotopic (exact) mass is 337 g/mol. The second kappa shape index (κ2) is 6.24. The van der Waals surface area contributed by atoms with Gasteiger partial charge in [-0.25, -0.2) is 9.37 Å². The van der Waals surface area contributed by atoms with Crippen molar-refractivity contribution in [2.45, 2.75) is 12.3 Å². The van der Waals surface area contributed by atoms with Gasteiger partial charge in [0.15, 0.2) is 0 Å². The number of H-pyrrole nitrogens is 1. The summed E-state index contributed by atoms with van der Waals surface area (Å²) in [6, 6.07) is 8.61. The summed E-state index contributed by atoms with van der Waals surface area (Å²) in [4.78, 5) is 10.1. The first kappa shape index (κ1) is 15.7. The molecule has 0 spiro atoms. The van der Waals surface area contributed by atoms with Crippen LogP contribution in [0, 0.1) is 5.82 Å². The zero-order chi connectivity index (χ0) is 17.4. The predicted molar refractivity (Wildman–Crippen MR) is 97.2 cm³/mol. The topological polar surface area (TPSA) is 41.1 Å². The Bertz CT molecular complexity index is 947. The molecule has 0 saturated heterocycles. The molecule has 5 heteroatoms. The van der Waals surface area contributed by atoms with Crippen LogP contribution < -0.4 is 4.74 Å². The smallest absolute Gasteiger partial charge is 0.138 e. The molecule has 4 rings (SSSR count). The van der Waals surface area contributed by atoms with Crippen molar-refractivity contribution in [1.82, 2.24) is 14.9 Å². The molecule has 0 fully saturated rings. The summed E-state index contributed by atoms with van der Waals surface area (Å²) in [7, 11) is 3.68. The molecule has 0 radical (unpaired) electrons. The number of methoxy groups -OCH3 is 1. The Labute approximate surface area is 145 Å². The van der Waals surface area contributed by atoms with Crippen LogP contribution in [0.15, 0.2) is 48.8 Å². The number of hydrogen-bond acceptors (Lipinski definition) is 3. The third-order valence-electron chi connectivity index (χ3n) is 4.77. The number of halogens is 1.